The number of nitrogens with one attached hydrogen (secondary N) is 1. The highest BCUT2D eigenvalue weighted by atomic mass is 16.7. The second-order valence-corrected chi connectivity index (χ2v) is 6.85. The fourth-order valence-corrected chi connectivity index (χ4v) is 2.29. The van der Waals surface area contributed by atoms with Gasteiger partial charge in [-0.1, -0.05) is 6.07 Å². The second-order valence-electron chi connectivity index (χ2n) is 6.85. The SMILES string of the molecule is CC(C)(C)N[C@H](O)Cc1ccc2c(c1)COC(C)(C)O2. The number of rotatable bonds is 3. The Bertz CT molecular complexity index is 477. The van der Waals surface area contributed by atoms with Crippen LogP contribution in [0.15, 0.2) is 18.2 Å². The predicted octanol–water partition coefficient (Wildman–Crippen LogP) is 2.58. The highest BCUT2D eigenvalue weighted by molar-refractivity contribution is 5.38. The van der Waals surface area contributed by atoms with Crippen LogP contribution < -0.4 is 10.1 Å². The van der Waals surface area contributed by atoms with Crippen molar-refractivity contribution in [3.63, 3.8) is 0 Å². The Morgan fingerprint density at radius 3 is 2.70 bits per heavy atom. The molecular weight excluding hydrogens is 254 g/mol. The van der Waals surface area contributed by atoms with Crippen LogP contribution in [0.3, 0.4) is 0 Å². The molecule has 0 unspecified atom stereocenters. The van der Waals surface area contributed by atoms with Crippen LogP contribution in [0.25, 0.3) is 0 Å². The van der Waals surface area contributed by atoms with Crippen LogP contribution in [-0.2, 0) is 17.8 Å². The Kier molecular flexibility index (Phi) is 4.09. The molecule has 0 fully saturated rings. The van der Waals surface area contributed by atoms with E-state index in [1.165, 1.54) is 0 Å². The summed E-state index contributed by atoms with van der Waals surface area (Å²) in [7, 11) is 0. The van der Waals surface area contributed by atoms with Gasteiger partial charge in [-0.2, -0.15) is 0 Å². The van der Waals surface area contributed by atoms with Gasteiger partial charge in [-0.05, 0) is 38.5 Å². The van der Waals surface area contributed by atoms with Gasteiger partial charge >= 0.3 is 0 Å². The summed E-state index contributed by atoms with van der Waals surface area (Å²) in [4.78, 5) is 0. The first-order chi connectivity index (χ1) is 9.15. The van der Waals surface area contributed by atoms with Crippen molar-refractivity contribution in [3.8, 4) is 5.75 Å². The predicted molar refractivity (Wildman–Crippen MR) is 78.5 cm³/mol. The number of benzene rings is 1. The van der Waals surface area contributed by atoms with E-state index in [4.69, 9.17) is 9.47 Å². The van der Waals surface area contributed by atoms with Gasteiger partial charge in [0.2, 0.25) is 5.79 Å². The summed E-state index contributed by atoms with van der Waals surface area (Å²) in [5, 5.41) is 13.2. The highest BCUT2D eigenvalue weighted by Crippen LogP contribution is 2.31. The number of fused-ring (bicyclic) bond motifs is 1. The monoisotopic (exact) mass is 279 g/mol. The maximum Gasteiger partial charge on any atom is 0.205 e. The third kappa shape index (κ3) is 4.20. The molecule has 0 aliphatic carbocycles. The van der Waals surface area contributed by atoms with Crippen molar-refractivity contribution in [2.24, 2.45) is 0 Å². The minimum absolute atomic E-state index is 0.107. The lowest BCUT2D eigenvalue weighted by molar-refractivity contribution is -0.180. The summed E-state index contributed by atoms with van der Waals surface area (Å²) in [6, 6.07) is 5.99. The van der Waals surface area contributed by atoms with Gasteiger partial charge in [0.05, 0.1) is 6.61 Å². The summed E-state index contributed by atoms with van der Waals surface area (Å²) < 4.78 is 11.4. The van der Waals surface area contributed by atoms with Crippen molar-refractivity contribution >= 4 is 0 Å². The quantitative estimate of drug-likeness (QED) is 0.835. The molecule has 1 aliphatic heterocycles. The first-order valence-corrected chi connectivity index (χ1v) is 7.05. The largest absolute Gasteiger partial charge is 0.463 e. The van der Waals surface area contributed by atoms with Crippen molar-refractivity contribution in [1.29, 1.82) is 0 Å². The van der Waals surface area contributed by atoms with E-state index in [0.29, 0.717) is 13.0 Å². The molecule has 1 aromatic carbocycles. The van der Waals surface area contributed by atoms with Gasteiger partial charge in [-0.25, -0.2) is 0 Å². The van der Waals surface area contributed by atoms with Crippen LogP contribution in [-0.4, -0.2) is 22.7 Å². The Labute approximate surface area is 121 Å². The number of aliphatic hydroxyl groups excluding tert-OH is 1. The normalized spacial score (nSPS) is 19.1. The van der Waals surface area contributed by atoms with E-state index < -0.39 is 12.0 Å². The molecule has 0 radical (unpaired) electrons. The fourth-order valence-electron chi connectivity index (χ4n) is 2.29. The molecular formula is C16H25NO3. The zero-order valence-electron chi connectivity index (χ0n) is 13.0. The topological polar surface area (TPSA) is 50.7 Å². The van der Waals surface area contributed by atoms with Crippen LogP contribution in [0.2, 0.25) is 0 Å². The van der Waals surface area contributed by atoms with Gasteiger partial charge in [0.15, 0.2) is 0 Å². The number of ether oxygens (including phenoxy) is 2. The Hall–Kier alpha value is -1.10. The number of hydrogen-bond donors (Lipinski definition) is 2. The molecule has 1 heterocycles. The summed E-state index contributed by atoms with van der Waals surface area (Å²) in [6.45, 7) is 10.5. The summed E-state index contributed by atoms with van der Waals surface area (Å²) in [5.74, 6) is 0.297. The van der Waals surface area contributed by atoms with Crippen LogP contribution >= 0.6 is 0 Å². The summed E-state index contributed by atoms with van der Waals surface area (Å²) in [5.41, 5.74) is 1.99. The van der Waals surface area contributed by atoms with E-state index in [1.54, 1.807) is 0 Å². The highest BCUT2D eigenvalue weighted by Gasteiger charge is 2.27. The lowest BCUT2D eigenvalue weighted by Crippen LogP contribution is -2.44. The van der Waals surface area contributed by atoms with Gasteiger partial charge in [-0.15, -0.1) is 0 Å². The van der Waals surface area contributed by atoms with E-state index in [2.05, 4.69) is 5.32 Å². The Morgan fingerprint density at radius 2 is 2.05 bits per heavy atom. The zero-order chi connectivity index (χ0) is 15.0. The van der Waals surface area contributed by atoms with Crippen molar-refractivity contribution in [1.82, 2.24) is 5.32 Å². The zero-order valence-corrected chi connectivity index (χ0v) is 13.0. The molecule has 0 saturated heterocycles. The molecule has 1 atom stereocenters. The van der Waals surface area contributed by atoms with Gasteiger partial charge in [0.25, 0.3) is 0 Å². The lowest BCUT2D eigenvalue weighted by Gasteiger charge is -2.33. The minimum Gasteiger partial charge on any atom is -0.463 e. The molecule has 0 saturated carbocycles. The lowest BCUT2D eigenvalue weighted by atomic mass is 10.0. The summed E-state index contributed by atoms with van der Waals surface area (Å²) >= 11 is 0. The molecule has 1 aliphatic rings. The van der Waals surface area contributed by atoms with E-state index in [0.717, 1.165) is 16.9 Å². The molecule has 20 heavy (non-hydrogen) atoms. The number of aliphatic hydroxyl groups is 1. The van der Waals surface area contributed by atoms with Crippen LogP contribution in [0.1, 0.15) is 45.7 Å². The average molecular weight is 279 g/mol. The second kappa shape index (κ2) is 5.35. The molecule has 2 N–H and O–H groups in total. The van der Waals surface area contributed by atoms with Crippen molar-refractivity contribution in [2.45, 2.75) is 65.2 Å². The third-order valence-corrected chi connectivity index (χ3v) is 3.08. The molecule has 0 aromatic heterocycles. The van der Waals surface area contributed by atoms with E-state index in [9.17, 15) is 5.11 Å². The van der Waals surface area contributed by atoms with Crippen molar-refractivity contribution in [3.05, 3.63) is 29.3 Å². The molecule has 112 valence electrons. The number of hydrogen-bond acceptors (Lipinski definition) is 4. The van der Waals surface area contributed by atoms with Gasteiger partial charge in [0, 0.05) is 31.4 Å². The minimum atomic E-state index is -0.568. The van der Waals surface area contributed by atoms with Crippen molar-refractivity contribution < 1.29 is 14.6 Å². The fraction of sp³-hybridized carbons (Fsp3) is 0.625. The third-order valence-electron chi connectivity index (χ3n) is 3.08. The molecule has 4 nitrogen and oxygen atoms in total. The van der Waals surface area contributed by atoms with Gasteiger partial charge < -0.3 is 14.6 Å². The first-order valence-electron chi connectivity index (χ1n) is 7.05. The molecule has 0 spiro atoms. The van der Waals surface area contributed by atoms with Crippen molar-refractivity contribution in [2.75, 3.05) is 0 Å². The Balaban J connectivity index is 2.05. The molecule has 1 aromatic rings. The van der Waals surface area contributed by atoms with Crippen LogP contribution in [0, 0.1) is 0 Å². The molecule has 2 rings (SSSR count). The maximum absolute atomic E-state index is 10.1. The maximum atomic E-state index is 10.1. The smallest absolute Gasteiger partial charge is 0.205 e. The van der Waals surface area contributed by atoms with E-state index in [1.807, 2.05) is 52.8 Å². The Morgan fingerprint density at radius 1 is 1.35 bits per heavy atom. The van der Waals surface area contributed by atoms with Gasteiger partial charge in [-0.3, -0.25) is 5.32 Å². The van der Waals surface area contributed by atoms with E-state index >= 15 is 0 Å². The average Bonchev–Trinajstić information content (AvgIpc) is 2.26. The van der Waals surface area contributed by atoms with Crippen LogP contribution in [0.5, 0.6) is 5.75 Å². The first kappa shape index (κ1) is 15.3. The van der Waals surface area contributed by atoms with Gasteiger partial charge in [0.1, 0.15) is 12.0 Å². The van der Waals surface area contributed by atoms with Crippen LogP contribution in [0.4, 0.5) is 0 Å². The standard InChI is InChI=1S/C16H25NO3/c1-15(2,3)17-14(18)9-11-6-7-13-12(8-11)10-19-16(4,5)20-13/h6-8,14,17-18H,9-10H2,1-5H3/t14-/m1/s1. The molecule has 0 amide bonds. The molecule has 4 heteroatoms. The van der Waals surface area contributed by atoms with E-state index in [-0.39, 0.29) is 5.54 Å². The summed E-state index contributed by atoms with van der Waals surface area (Å²) in [6.07, 6.45) is 0.00317. The molecule has 0 bridgehead atoms.